The highest BCUT2D eigenvalue weighted by atomic mass is 15.3. The number of nitrogens with two attached hydrogens (primary N) is 1. The second kappa shape index (κ2) is 6.08. The van der Waals surface area contributed by atoms with Crippen LogP contribution in [0.4, 0.5) is 0 Å². The molecule has 1 aromatic heterocycles. The molecule has 1 heterocycles. The van der Waals surface area contributed by atoms with Crippen molar-refractivity contribution in [3.05, 3.63) is 18.0 Å². The molecular formula is C16H29N3. The monoisotopic (exact) mass is 263 g/mol. The second-order valence-corrected chi connectivity index (χ2v) is 6.43. The number of nitrogens with zero attached hydrogens (tertiary/aromatic N) is 2. The van der Waals surface area contributed by atoms with E-state index in [1.807, 2.05) is 0 Å². The second-order valence-electron chi connectivity index (χ2n) is 6.43. The summed E-state index contributed by atoms with van der Waals surface area (Å²) in [4.78, 5) is 0. The van der Waals surface area contributed by atoms with E-state index in [1.165, 1.54) is 25.7 Å². The zero-order valence-electron chi connectivity index (χ0n) is 12.7. The summed E-state index contributed by atoms with van der Waals surface area (Å²) in [6.45, 7) is 6.80. The van der Waals surface area contributed by atoms with E-state index >= 15 is 0 Å². The Bertz CT molecular complexity index is 386. The van der Waals surface area contributed by atoms with Gasteiger partial charge in [-0.2, -0.15) is 5.10 Å². The molecule has 0 bridgehead atoms. The largest absolute Gasteiger partial charge is 0.327 e. The van der Waals surface area contributed by atoms with Crippen LogP contribution in [0.25, 0.3) is 0 Å². The molecule has 0 spiro atoms. The standard InChI is InChI=1S/C16H29N3/c1-4-14(5-2)19-11-8-13(18-19)12-15(17)16(3)9-6-7-10-16/h8,11,14-15H,4-7,9-10,12,17H2,1-3H3. The van der Waals surface area contributed by atoms with E-state index in [1.54, 1.807) is 0 Å². The summed E-state index contributed by atoms with van der Waals surface area (Å²) in [7, 11) is 0. The third-order valence-corrected chi connectivity index (χ3v) is 5.05. The van der Waals surface area contributed by atoms with Crippen LogP contribution >= 0.6 is 0 Å². The normalized spacial score (nSPS) is 20.1. The fourth-order valence-corrected chi connectivity index (χ4v) is 3.38. The Kier molecular flexibility index (Phi) is 4.67. The van der Waals surface area contributed by atoms with E-state index in [9.17, 15) is 0 Å². The van der Waals surface area contributed by atoms with Crippen LogP contribution in [0.3, 0.4) is 0 Å². The number of aromatic nitrogens is 2. The summed E-state index contributed by atoms with van der Waals surface area (Å²) < 4.78 is 2.12. The fourth-order valence-electron chi connectivity index (χ4n) is 3.38. The molecule has 0 radical (unpaired) electrons. The molecule has 108 valence electrons. The molecule has 1 atom stereocenters. The lowest BCUT2D eigenvalue weighted by atomic mass is 9.79. The van der Waals surface area contributed by atoms with Gasteiger partial charge in [0.2, 0.25) is 0 Å². The molecule has 1 unspecified atom stereocenters. The van der Waals surface area contributed by atoms with E-state index in [0.717, 1.165) is 25.0 Å². The zero-order chi connectivity index (χ0) is 13.9. The predicted octanol–water partition coefficient (Wildman–Crippen LogP) is 3.69. The van der Waals surface area contributed by atoms with E-state index in [2.05, 4.69) is 37.7 Å². The van der Waals surface area contributed by atoms with Crippen LogP contribution in [0.15, 0.2) is 12.3 Å². The topological polar surface area (TPSA) is 43.8 Å². The summed E-state index contributed by atoms with van der Waals surface area (Å²) in [5.41, 5.74) is 7.94. The Hall–Kier alpha value is -0.830. The predicted molar refractivity (Wildman–Crippen MR) is 80.1 cm³/mol. The van der Waals surface area contributed by atoms with Gasteiger partial charge in [-0.3, -0.25) is 4.68 Å². The first-order chi connectivity index (χ1) is 9.09. The van der Waals surface area contributed by atoms with Gasteiger partial charge in [0, 0.05) is 18.7 Å². The van der Waals surface area contributed by atoms with Gasteiger partial charge in [0.05, 0.1) is 11.7 Å². The van der Waals surface area contributed by atoms with Gasteiger partial charge in [-0.05, 0) is 37.2 Å². The van der Waals surface area contributed by atoms with Crippen LogP contribution in [0, 0.1) is 5.41 Å². The average Bonchev–Trinajstić information content (AvgIpc) is 3.02. The molecule has 2 N–H and O–H groups in total. The van der Waals surface area contributed by atoms with Gasteiger partial charge >= 0.3 is 0 Å². The number of rotatable bonds is 6. The van der Waals surface area contributed by atoms with Crippen molar-refractivity contribution in [1.29, 1.82) is 0 Å². The summed E-state index contributed by atoms with van der Waals surface area (Å²) in [5.74, 6) is 0. The molecule has 0 aliphatic heterocycles. The molecule has 1 aliphatic rings. The van der Waals surface area contributed by atoms with Gasteiger partial charge in [0.25, 0.3) is 0 Å². The van der Waals surface area contributed by atoms with Gasteiger partial charge < -0.3 is 5.73 Å². The molecule has 2 rings (SSSR count). The molecule has 3 nitrogen and oxygen atoms in total. The molecule has 0 amide bonds. The summed E-state index contributed by atoms with van der Waals surface area (Å²) in [6, 6.07) is 2.93. The van der Waals surface area contributed by atoms with E-state index in [4.69, 9.17) is 10.8 Å². The van der Waals surface area contributed by atoms with Crippen LogP contribution in [-0.2, 0) is 6.42 Å². The first-order valence-corrected chi connectivity index (χ1v) is 7.88. The average molecular weight is 263 g/mol. The Labute approximate surface area is 117 Å². The van der Waals surface area contributed by atoms with Gasteiger partial charge in [0.15, 0.2) is 0 Å². The molecule has 1 fully saturated rings. The van der Waals surface area contributed by atoms with Crippen molar-refractivity contribution in [2.75, 3.05) is 0 Å². The minimum absolute atomic E-state index is 0.250. The van der Waals surface area contributed by atoms with Crippen molar-refractivity contribution in [2.45, 2.75) is 77.8 Å². The van der Waals surface area contributed by atoms with Crippen LogP contribution in [0.5, 0.6) is 0 Å². The number of hydrogen-bond acceptors (Lipinski definition) is 2. The fraction of sp³-hybridized carbons (Fsp3) is 0.812. The molecule has 1 saturated carbocycles. The van der Waals surface area contributed by atoms with Gasteiger partial charge in [0.1, 0.15) is 0 Å². The molecule has 1 aromatic rings. The smallest absolute Gasteiger partial charge is 0.0640 e. The first-order valence-electron chi connectivity index (χ1n) is 7.88. The quantitative estimate of drug-likeness (QED) is 0.850. The van der Waals surface area contributed by atoms with E-state index in [0.29, 0.717) is 11.5 Å². The van der Waals surface area contributed by atoms with Crippen molar-refractivity contribution in [2.24, 2.45) is 11.1 Å². The van der Waals surface area contributed by atoms with Crippen molar-refractivity contribution in [3.63, 3.8) is 0 Å². The lowest BCUT2D eigenvalue weighted by molar-refractivity contribution is 0.258. The molecule has 0 saturated heterocycles. The summed E-state index contributed by atoms with van der Waals surface area (Å²) in [5, 5.41) is 4.73. The third kappa shape index (κ3) is 3.19. The van der Waals surface area contributed by atoms with Crippen LogP contribution in [0.2, 0.25) is 0 Å². The van der Waals surface area contributed by atoms with Crippen molar-refractivity contribution in [1.82, 2.24) is 9.78 Å². The lowest BCUT2D eigenvalue weighted by Gasteiger charge is -2.30. The maximum Gasteiger partial charge on any atom is 0.0640 e. The minimum atomic E-state index is 0.250. The van der Waals surface area contributed by atoms with Crippen LogP contribution in [-0.4, -0.2) is 15.8 Å². The van der Waals surface area contributed by atoms with Crippen LogP contribution in [0.1, 0.15) is 71.0 Å². The Morgan fingerprint density at radius 3 is 2.53 bits per heavy atom. The summed E-state index contributed by atoms with van der Waals surface area (Å²) >= 11 is 0. The van der Waals surface area contributed by atoms with Crippen molar-refractivity contribution >= 4 is 0 Å². The molecule has 19 heavy (non-hydrogen) atoms. The Morgan fingerprint density at radius 1 is 1.32 bits per heavy atom. The number of hydrogen-bond donors (Lipinski definition) is 1. The highest BCUT2D eigenvalue weighted by Crippen LogP contribution is 2.40. The Morgan fingerprint density at radius 2 is 1.95 bits per heavy atom. The van der Waals surface area contributed by atoms with Gasteiger partial charge in [-0.25, -0.2) is 0 Å². The van der Waals surface area contributed by atoms with Crippen molar-refractivity contribution in [3.8, 4) is 0 Å². The summed E-state index contributed by atoms with van der Waals surface area (Å²) in [6.07, 6.45) is 10.6. The lowest BCUT2D eigenvalue weighted by Crippen LogP contribution is -2.39. The maximum atomic E-state index is 6.45. The van der Waals surface area contributed by atoms with Gasteiger partial charge in [-0.1, -0.05) is 33.6 Å². The zero-order valence-corrected chi connectivity index (χ0v) is 12.7. The van der Waals surface area contributed by atoms with Gasteiger partial charge in [-0.15, -0.1) is 0 Å². The minimum Gasteiger partial charge on any atom is -0.327 e. The highest BCUT2D eigenvalue weighted by molar-refractivity contribution is 5.05. The maximum absolute atomic E-state index is 6.45. The van der Waals surface area contributed by atoms with E-state index < -0.39 is 0 Å². The third-order valence-electron chi connectivity index (χ3n) is 5.05. The molecular weight excluding hydrogens is 234 g/mol. The SMILES string of the molecule is CCC(CC)n1ccc(CC(N)C2(C)CCCC2)n1. The molecule has 1 aliphatic carbocycles. The Balaban J connectivity index is 1.99. The van der Waals surface area contributed by atoms with E-state index in [-0.39, 0.29) is 6.04 Å². The van der Waals surface area contributed by atoms with Crippen molar-refractivity contribution < 1.29 is 0 Å². The molecule has 0 aromatic carbocycles. The highest BCUT2D eigenvalue weighted by Gasteiger charge is 2.35. The first kappa shape index (κ1) is 14.6. The molecule has 3 heteroatoms. The van der Waals surface area contributed by atoms with Crippen LogP contribution < -0.4 is 5.73 Å².